The van der Waals surface area contributed by atoms with Crippen LogP contribution in [0.2, 0.25) is 5.02 Å². The van der Waals surface area contributed by atoms with E-state index in [4.69, 9.17) is 16.3 Å². The average Bonchev–Trinajstić information content (AvgIpc) is 3.05. The molecule has 0 unspecified atom stereocenters. The van der Waals surface area contributed by atoms with Crippen molar-refractivity contribution in [3.8, 4) is 5.75 Å². The maximum atomic E-state index is 11.9. The standard InChI is InChI=1S/C20H21ClN2O2/c1-13-9-17(10-14(2)20(13)21)25-12-19(24)23-7-5-15-3-4-16-6-8-22-18(16)11-15/h3-4,6,8-11,22H,5,7,12H2,1-2H3,(H,23,24). The van der Waals surface area contributed by atoms with Gasteiger partial charge >= 0.3 is 0 Å². The van der Waals surface area contributed by atoms with Crippen molar-refractivity contribution in [2.45, 2.75) is 20.3 Å². The molecule has 3 rings (SSSR count). The van der Waals surface area contributed by atoms with E-state index in [0.29, 0.717) is 12.3 Å². The molecule has 0 saturated heterocycles. The van der Waals surface area contributed by atoms with Crippen molar-refractivity contribution in [1.29, 1.82) is 0 Å². The van der Waals surface area contributed by atoms with E-state index in [2.05, 4.69) is 28.5 Å². The van der Waals surface area contributed by atoms with Gasteiger partial charge in [-0.25, -0.2) is 0 Å². The van der Waals surface area contributed by atoms with E-state index >= 15 is 0 Å². The Morgan fingerprint density at radius 3 is 2.68 bits per heavy atom. The van der Waals surface area contributed by atoms with Gasteiger partial charge in [0, 0.05) is 23.3 Å². The minimum atomic E-state index is -0.133. The normalized spacial score (nSPS) is 10.8. The number of aryl methyl sites for hydroxylation is 2. The first kappa shape index (κ1) is 17.4. The molecule has 0 fully saturated rings. The summed E-state index contributed by atoms with van der Waals surface area (Å²) in [5.74, 6) is 0.526. The first-order valence-corrected chi connectivity index (χ1v) is 8.63. The molecule has 5 heteroatoms. The summed E-state index contributed by atoms with van der Waals surface area (Å²) in [7, 11) is 0. The van der Waals surface area contributed by atoms with Crippen molar-refractivity contribution in [3.63, 3.8) is 0 Å². The number of ether oxygens (including phenoxy) is 1. The van der Waals surface area contributed by atoms with Gasteiger partial charge in [-0.2, -0.15) is 0 Å². The van der Waals surface area contributed by atoms with Gasteiger partial charge in [-0.05, 0) is 66.6 Å². The summed E-state index contributed by atoms with van der Waals surface area (Å²) in [6.07, 6.45) is 2.70. The van der Waals surface area contributed by atoms with Crippen LogP contribution in [0.15, 0.2) is 42.6 Å². The molecule has 1 amide bonds. The van der Waals surface area contributed by atoms with Crippen molar-refractivity contribution in [1.82, 2.24) is 10.3 Å². The lowest BCUT2D eigenvalue weighted by molar-refractivity contribution is -0.123. The van der Waals surface area contributed by atoms with Gasteiger partial charge in [-0.3, -0.25) is 4.79 Å². The summed E-state index contributed by atoms with van der Waals surface area (Å²) in [5, 5.41) is 4.81. The van der Waals surface area contributed by atoms with Crippen molar-refractivity contribution in [2.24, 2.45) is 0 Å². The van der Waals surface area contributed by atoms with Crippen LogP contribution in [0, 0.1) is 13.8 Å². The highest BCUT2D eigenvalue weighted by Crippen LogP contribution is 2.25. The van der Waals surface area contributed by atoms with Gasteiger partial charge in [-0.15, -0.1) is 0 Å². The van der Waals surface area contributed by atoms with E-state index in [0.717, 1.165) is 28.1 Å². The van der Waals surface area contributed by atoms with Crippen molar-refractivity contribution in [3.05, 3.63) is 64.3 Å². The zero-order valence-corrected chi connectivity index (χ0v) is 15.1. The third-order valence-electron chi connectivity index (χ3n) is 4.14. The fraction of sp³-hybridized carbons (Fsp3) is 0.250. The summed E-state index contributed by atoms with van der Waals surface area (Å²) in [6, 6.07) is 12.0. The van der Waals surface area contributed by atoms with Crippen molar-refractivity contribution in [2.75, 3.05) is 13.2 Å². The minimum Gasteiger partial charge on any atom is -0.484 e. The number of hydrogen-bond donors (Lipinski definition) is 2. The molecule has 0 aliphatic rings. The van der Waals surface area contributed by atoms with E-state index < -0.39 is 0 Å². The molecule has 1 aromatic heterocycles. The molecule has 0 bridgehead atoms. The van der Waals surface area contributed by atoms with Crippen molar-refractivity contribution >= 4 is 28.4 Å². The van der Waals surface area contributed by atoms with Gasteiger partial charge in [0.05, 0.1) is 0 Å². The Labute approximate surface area is 152 Å². The number of carbonyl (C=O) groups is 1. The molecule has 1 heterocycles. The zero-order chi connectivity index (χ0) is 17.8. The van der Waals surface area contributed by atoms with Crippen LogP contribution < -0.4 is 10.1 Å². The van der Waals surface area contributed by atoms with E-state index in [-0.39, 0.29) is 12.5 Å². The highest BCUT2D eigenvalue weighted by molar-refractivity contribution is 6.32. The molecule has 0 aliphatic heterocycles. The zero-order valence-electron chi connectivity index (χ0n) is 14.4. The molecule has 2 aromatic carbocycles. The Morgan fingerprint density at radius 2 is 1.92 bits per heavy atom. The third-order valence-corrected chi connectivity index (χ3v) is 4.73. The highest BCUT2D eigenvalue weighted by atomic mass is 35.5. The molecule has 0 spiro atoms. The van der Waals surface area contributed by atoms with Gasteiger partial charge in [0.15, 0.2) is 6.61 Å². The molecule has 25 heavy (non-hydrogen) atoms. The summed E-state index contributed by atoms with van der Waals surface area (Å²) in [6.45, 7) is 4.41. The number of carbonyl (C=O) groups excluding carboxylic acids is 1. The minimum absolute atomic E-state index is 0.00379. The number of halogens is 1. The van der Waals surface area contributed by atoms with E-state index in [1.54, 1.807) is 0 Å². The lowest BCUT2D eigenvalue weighted by Crippen LogP contribution is -2.30. The predicted octanol–water partition coefficient (Wildman–Crippen LogP) is 4.18. The lowest BCUT2D eigenvalue weighted by atomic mass is 10.1. The van der Waals surface area contributed by atoms with Gasteiger partial charge in [-0.1, -0.05) is 23.7 Å². The number of H-pyrrole nitrogens is 1. The third kappa shape index (κ3) is 4.34. The Kier molecular flexibility index (Phi) is 5.29. The second-order valence-corrected chi connectivity index (χ2v) is 6.54. The molecule has 4 nitrogen and oxygen atoms in total. The average molecular weight is 357 g/mol. The van der Waals surface area contributed by atoms with Gasteiger partial charge in [0.1, 0.15) is 5.75 Å². The molecule has 0 atom stereocenters. The molecule has 130 valence electrons. The van der Waals surface area contributed by atoms with Crippen LogP contribution >= 0.6 is 11.6 Å². The molecule has 2 N–H and O–H groups in total. The summed E-state index contributed by atoms with van der Waals surface area (Å²) >= 11 is 6.13. The van der Waals surface area contributed by atoms with Crippen LogP contribution in [0.1, 0.15) is 16.7 Å². The van der Waals surface area contributed by atoms with E-state index in [1.165, 1.54) is 10.9 Å². The van der Waals surface area contributed by atoms with Crippen LogP contribution in [0.3, 0.4) is 0 Å². The maximum Gasteiger partial charge on any atom is 0.257 e. The quantitative estimate of drug-likeness (QED) is 0.696. The van der Waals surface area contributed by atoms with Gasteiger partial charge in [0.25, 0.3) is 5.91 Å². The summed E-state index contributed by atoms with van der Waals surface area (Å²) in [4.78, 5) is 15.1. The topological polar surface area (TPSA) is 54.1 Å². The molecule has 0 radical (unpaired) electrons. The number of fused-ring (bicyclic) bond motifs is 1. The van der Waals surface area contributed by atoms with E-state index in [1.807, 2.05) is 38.2 Å². The lowest BCUT2D eigenvalue weighted by Gasteiger charge is -2.10. The first-order valence-electron chi connectivity index (χ1n) is 8.25. The molecule has 0 saturated carbocycles. The number of aromatic nitrogens is 1. The number of benzene rings is 2. The number of amides is 1. The molecular formula is C20H21ClN2O2. The fourth-order valence-corrected chi connectivity index (χ4v) is 2.90. The van der Waals surface area contributed by atoms with Crippen molar-refractivity contribution < 1.29 is 9.53 Å². The second kappa shape index (κ2) is 7.62. The highest BCUT2D eigenvalue weighted by Gasteiger charge is 2.06. The largest absolute Gasteiger partial charge is 0.484 e. The Balaban J connectivity index is 1.46. The van der Waals surface area contributed by atoms with Crippen LogP contribution in [0.4, 0.5) is 0 Å². The predicted molar refractivity (Wildman–Crippen MR) is 101 cm³/mol. The number of aromatic amines is 1. The maximum absolute atomic E-state index is 11.9. The van der Waals surface area contributed by atoms with Gasteiger partial charge in [0.2, 0.25) is 0 Å². The Morgan fingerprint density at radius 1 is 1.16 bits per heavy atom. The second-order valence-electron chi connectivity index (χ2n) is 6.16. The molecular weight excluding hydrogens is 336 g/mol. The first-order chi connectivity index (χ1) is 12.0. The number of rotatable bonds is 6. The number of nitrogens with one attached hydrogen (secondary N) is 2. The molecule has 0 aliphatic carbocycles. The van der Waals surface area contributed by atoms with E-state index in [9.17, 15) is 4.79 Å². The SMILES string of the molecule is Cc1cc(OCC(=O)NCCc2ccc3cc[nH]c3c2)cc(C)c1Cl. The van der Waals surface area contributed by atoms with Crippen LogP contribution in [0.5, 0.6) is 5.75 Å². The van der Waals surface area contributed by atoms with Gasteiger partial charge < -0.3 is 15.0 Å². The number of hydrogen-bond acceptors (Lipinski definition) is 2. The smallest absolute Gasteiger partial charge is 0.257 e. The van der Waals surface area contributed by atoms with Crippen LogP contribution in [-0.4, -0.2) is 24.0 Å². The summed E-state index contributed by atoms with van der Waals surface area (Å²) < 4.78 is 5.56. The Bertz CT molecular complexity index is 879. The molecule has 3 aromatic rings. The monoisotopic (exact) mass is 356 g/mol. The Hall–Kier alpha value is -2.46. The van der Waals surface area contributed by atoms with Crippen LogP contribution in [-0.2, 0) is 11.2 Å². The fourth-order valence-electron chi connectivity index (χ4n) is 2.79. The summed E-state index contributed by atoms with van der Waals surface area (Å²) in [5.41, 5.74) is 4.18. The van der Waals surface area contributed by atoms with Crippen LogP contribution in [0.25, 0.3) is 10.9 Å².